The molecule has 2 amide bonds. The van der Waals surface area contributed by atoms with E-state index in [2.05, 4.69) is 6.07 Å². The largest absolute Gasteiger partial charge is 0.342 e. The minimum absolute atomic E-state index is 0.0630. The Morgan fingerprint density at radius 3 is 2.41 bits per heavy atom. The second-order valence-corrected chi connectivity index (χ2v) is 8.54. The number of hydrogen-bond donors (Lipinski definition) is 0. The lowest BCUT2D eigenvalue weighted by atomic mass is 9.69. The Hall–Kier alpha value is -2.06. The van der Waals surface area contributed by atoms with Crippen molar-refractivity contribution in [1.82, 2.24) is 9.80 Å². The van der Waals surface area contributed by atoms with Gasteiger partial charge in [0, 0.05) is 37.1 Å². The van der Waals surface area contributed by atoms with Crippen molar-refractivity contribution in [2.24, 2.45) is 11.3 Å². The highest BCUT2D eigenvalue weighted by Gasteiger charge is 2.49. The molecule has 0 aromatic heterocycles. The van der Waals surface area contributed by atoms with Gasteiger partial charge in [-0.15, -0.1) is 0 Å². The normalized spacial score (nSPS) is 26.5. The summed E-state index contributed by atoms with van der Waals surface area (Å²) >= 11 is 5.96. The predicted molar refractivity (Wildman–Crippen MR) is 102 cm³/mol. The van der Waals surface area contributed by atoms with Crippen molar-refractivity contribution in [3.8, 4) is 6.07 Å². The SMILES string of the molecule is N#CC1(C(=O)N2CC[C@@H](C(=O)N3CCC(c4ccc(Cl)cc4)C3)C2)CCC1. The first-order valence-electron chi connectivity index (χ1n) is 9.77. The fraction of sp³-hybridized carbons (Fsp3) is 0.571. The Morgan fingerprint density at radius 2 is 1.78 bits per heavy atom. The summed E-state index contributed by atoms with van der Waals surface area (Å²) < 4.78 is 0. The Morgan fingerprint density at radius 1 is 1.07 bits per heavy atom. The van der Waals surface area contributed by atoms with Crippen molar-refractivity contribution in [3.05, 3.63) is 34.9 Å². The van der Waals surface area contributed by atoms with E-state index in [0.717, 1.165) is 31.0 Å². The molecular formula is C21H24ClN3O2. The van der Waals surface area contributed by atoms with E-state index >= 15 is 0 Å². The highest BCUT2D eigenvalue weighted by molar-refractivity contribution is 6.30. The van der Waals surface area contributed by atoms with Gasteiger partial charge in [0.2, 0.25) is 11.8 Å². The number of likely N-dealkylation sites (tertiary alicyclic amines) is 2. The molecule has 4 rings (SSSR count). The van der Waals surface area contributed by atoms with E-state index in [9.17, 15) is 14.9 Å². The Kier molecular flexibility index (Phi) is 4.86. The van der Waals surface area contributed by atoms with Gasteiger partial charge in [-0.05, 0) is 49.8 Å². The number of nitriles is 1. The third-order valence-corrected chi connectivity index (χ3v) is 6.75. The minimum atomic E-state index is -0.814. The van der Waals surface area contributed by atoms with E-state index < -0.39 is 5.41 Å². The van der Waals surface area contributed by atoms with Crippen LogP contribution >= 0.6 is 11.6 Å². The van der Waals surface area contributed by atoms with Crippen molar-refractivity contribution in [2.45, 2.75) is 38.0 Å². The molecule has 5 nitrogen and oxygen atoms in total. The van der Waals surface area contributed by atoms with Crippen molar-refractivity contribution in [2.75, 3.05) is 26.2 Å². The summed E-state index contributed by atoms with van der Waals surface area (Å²) in [6, 6.07) is 10.1. The van der Waals surface area contributed by atoms with Crippen LogP contribution in [-0.2, 0) is 9.59 Å². The summed E-state index contributed by atoms with van der Waals surface area (Å²) in [5.74, 6) is 0.310. The number of carbonyl (C=O) groups is 2. The van der Waals surface area contributed by atoms with Crippen molar-refractivity contribution < 1.29 is 9.59 Å². The number of halogens is 1. The average molecular weight is 386 g/mol. The second kappa shape index (κ2) is 7.16. The molecule has 2 heterocycles. The molecule has 2 saturated heterocycles. The first-order valence-corrected chi connectivity index (χ1v) is 10.1. The topological polar surface area (TPSA) is 64.4 Å². The molecule has 1 aromatic rings. The van der Waals surface area contributed by atoms with Gasteiger partial charge in [0.25, 0.3) is 0 Å². The third-order valence-electron chi connectivity index (χ3n) is 6.50. The quantitative estimate of drug-likeness (QED) is 0.802. The van der Waals surface area contributed by atoms with E-state index in [0.29, 0.717) is 38.3 Å². The fourth-order valence-corrected chi connectivity index (χ4v) is 4.70. The smallest absolute Gasteiger partial charge is 0.243 e. The maximum absolute atomic E-state index is 13.0. The third kappa shape index (κ3) is 3.32. The molecule has 1 aliphatic carbocycles. The van der Waals surface area contributed by atoms with Crippen LogP contribution in [0, 0.1) is 22.7 Å². The fourth-order valence-electron chi connectivity index (χ4n) is 4.58. The van der Waals surface area contributed by atoms with E-state index in [-0.39, 0.29) is 17.7 Å². The maximum atomic E-state index is 13.0. The van der Waals surface area contributed by atoms with Crippen LogP contribution in [0.3, 0.4) is 0 Å². The molecule has 2 aliphatic heterocycles. The number of hydrogen-bond acceptors (Lipinski definition) is 3. The first-order chi connectivity index (χ1) is 13.0. The summed E-state index contributed by atoms with van der Waals surface area (Å²) in [5, 5.41) is 10.1. The van der Waals surface area contributed by atoms with E-state index in [1.807, 2.05) is 29.2 Å². The van der Waals surface area contributed by atoms with Gasteiger partial charge in [-0.25, -0.2) is 0 Å². The molecule has 1 aromatic carbocycles. The number of carbonyl (C=O) groups excluding carboxylic acids is 2. The van der Waals surface area contributed by atoms with Gasteiger partial charge in [0.1, 0.15) is 5.41 Å². The number of benzene rings is 1. The minimum Gasteiger partial charge on any atom is -0.342 e. The number of nitrogens with zero attached hydrogens (tertiary/aromatic N) is 3. The van der Waals surface area contributed by atoms with Crippen LogP contribution in [0.5, 0.6) is 0 Å². The lowest BCUT2D eigenvalue weighted by Crippen LogP contribution is -2.46. The highest BCUT2D eigenvalue weighted by Crippen LogP contribution is 2.43. The number of rotatable bonds is 3. The van der Waals surface area contributed by atoms with Crippen LogP contribution in [0.2, 0.25) is 5.02 Å². The molecule has 1 unspecified atom stereocenters. The van der Waals surface area contributed by atoms with Gasteiger partial charge < -0.3 is 9.80 Å². The lowest BCUT2D eigenvalue weighted by molar-refractivity contribution is -0.142. The highest BCUT2D eigenvalue weighted by atomic mass is 35.5. The summed E-state index contributed by atoms with van der Waals surface area (Å²) in [6.45, 7) is 2.54. The zero-order valence-electron chi connectivity index (χ0n) is 15.4. The zero-order chi connectivity index (χ0) is 19.0. The standard InChI is InChI=1S/C21H24ClN3O2/c22-18-4-2-15(3-5-18)16-6-10-24(12-16)19(26)17-7-11-25(13-17)20(27)21(14-23)8-1-9-21/h2-5,16-17H,1,6-13H2/t16?,17-/m1/s1. The van der Waals surface area contributed by atoms with Crippen LogP contribution < -0.4 is 0 Å². The van der Waals surface area contributed by atoms with E-state index in [1.54, 1.807) is 4.90 Å². The molecule has 0 spiro atoms. The summed E-state index contributed by atoms with van der Waals surface area (Å²) in [6.07, 6.45) is 3.92. The van der Waals surface area contributed by atoms with Crippen molar-refractivity contribution >= 4 is 23.4 Å². The van der Waals surface area contributed by atoms with Crippen LogP contribution in [-0.4, -0.2) is 47.8 Å². The van der Waals surface area contributed by atoms with E-state index in [4.69, 9.17) is 11.6 Å². The first kappa shape index (κ1) is 18.3. The molecule has 3 aliphatic rings. The van der Waals surface area contributed by atoms with Crippen LogP contribution in [0.1, 0.15) is 43.6 Å². The van der Waals surface area contributed by atoms with Crippen molar-refractivity contribution in [1.29, 1.82) is 5.26 Å². The van der Waals surface area contributed by atoms with Gasteiger partial charge in [-0.2, -0.15) is 5.26 Å². The van der Waals surface area contributed by atoms with Gasteiger partial charge in [0.05, 0.1) is 12.0 Å². The molecule has 0 radical (unpaired) electrons. The molecule has 3 fully saturated rings. The molecule has 2 atom stereocenters. The molecule has 1 saturated carbocycles. The van der Waals surface area contributed by atoms with Gasteiger partial charge in [0.15, 0.2) is 0 Å². The Balaban J connectivity index is 1.35. The van der Waals surface area contributed by atoms with Gasteiger partial charge >= 0.3 is 0 Å². The number of amides is 2. The lowest BCUT2D eigenvalue weighted by Gasteiger charge is -2.36. The average Bonchev–Trinajstić information content (AvgIpc) is 3.31. The van der Waals surface area contributed by atoms with Crippen molar-refractivity contribution in [3.63, 3.8) is 0 Å². The Labute approximate surface area is 164 Å². The summed E-state index contributed by atoms with van der Waals surface area (Å²) in [4.78, 5) is 29.3. The predicted octanol–water partition coefficient (Wildman–Crippen LogP) is 3.20. The Bertz CT molecular complexity index is 782. The summed E-state index contributed by atoms with van der Waals surface area (Å²) in [5.41, 5.74) is 0.407. The zero-order valence-corrected chi connectivity index (χ0v) is 16.1. The second-order valence-electron chi connectivity index (χ2n) is 8.11. The molecule has 0 bridgehead atoms. The summed E-state index contributed by atoms with van der Waals surface area (Å²) in [7, 11) is 0. The van der Waals surface area contributed by atoms with E-state index in [1.165, 1.54) is 5.56 Å². The van der Waals surface area contributed by atoms with Crippen LogP contribution in [0.4, 0.5) is 0 Å². The maximum Gasteiger partial charge on any atom is 0.243 e. The monoisotopic (exact) mass is 385 g/mol. The van der Waals surface area contributed by atoms with Gasteiger partial charge in [-0.1, -0.05) is 23.7 Å². The molecule has 0 N–H and O–H groups in total. The molecular weight excluding hydrogens is 362 g/mol. The molecule has 6 heteroatoms. The molecule has 27 heavy (non-hydrogen) atoms. The molecule has 142 valence electrons. The van der Waals surface area contributed by atoms with Gasteiger partial charge in [-0.3, -0.25) is 9.59 Å². The van der Waals surface area contributed by atoms with Crippen LogP contribution in [0.25, 0.3) is 0 Å². The van der Waals surface area contributed by atoms with Crippen LogP contribution in [0.15, 0.2) is 24.3 Å².